The number of nitrogens with one attached hydrogen (secondary N) is 1. The molecule has 0 spiro atoms. The van der Waals surface area contributed by atoms with Gasteiger partial charge in [-0.15, -0.1) is 0 Å². The molecule has 2 atom stereocenters. The van der Waals surface area contributed by atoms with E-state index < -0.39 is 6.10 Å². The van der Waals surface area contributed by atoms with E-state index in [9.17, 15) is 4.79 Å². The lowest BCUT2D eigenvalue weighted by molar-refractivity contribution is -0.127. The second kappa shape index (κ2) is 8.37. The molecule has 3 nitrogen and oxygen atoms in total. The predicted molar refractivity (Wildman–Crippen MR) is 93.8 cm³/mol. The first-order valence-corrected chi connectivity index (χ1v) is 8.19. The number of hydrogen-bond acceptors (Lipinski definition) is 2. The summed E-state index contributed by atoms with van der Waals surface area (Å²) in [6, 6.07) is 18.0. The average Bonchev–Trinajstić information content (AvgIpc) is 2.60. The summed E-state index contributed by atoms with van der Waals surface area (Å²) in [6.45, 7) is 6.57. The van der Waals surface area contributed by atoms with Crippen LogP contribution in [0.2, 0.25) is 0 Å². The van der Waals surface area contributed by atoms with Crippen LogP contribution in [-0.2, 0) is 11.2 Å². The lowest BCUT2D eigenvalue weighted by atomic mass is 10.0. The molecule has 1 amide bonds. The monoisotopic (exact) mass is 311 g/mol. The highest BCUT2D eigenvalue weighted by atomic mass is 16.5. The molecular formula is C20H25NO2. The molecule has 0 saturated heterocycles. The van der Waals surface area contributed by atoms with Gasteiger partial charge in [0, 0.05) is 6.54 Å². The van der Waals surface area contributed by atoms with Crippen molar-refractivity contribution in [2.45, 2.75) is 39.2 Å². The molecule has 1 N–H and O–H groups in total. The molecule has 0 aliphatic heterocycles. The zero-order valence-electron chi connectivity index (χ0n) is 14.1. The number of benzene rings is 2. The first-order chi connectivity index (χ1) is 11.1. The Balaban J connectivity index is 1.88. The first kappa shape index (κ1) is 17.1. The summed E-state index contributed by atoms with van der Waals surface area (Å²) in [7, 11) is 0. The molecule has 2 aromatic rings. The Hall–Kier alpha value is -2.29. The summed E-state index contributed by atoms with van der Waals surface area (Å²) in [5, 5.41) is 2.97. The number of aryl methyl sites for hydroxylation is 1. The number of carbonyl (C=O) groups is 1. The summed E-state index contributed by atoms with van der Waals surface area (Å²) in [5.74, 6) is 0.975. The van der Waals surface area contributed by atoms with Crippen molar-refractivity contribution in [2.75, 3.05) is 6.54 Å². The van der Waals surface area contributed by atoms with Crippen molar-refractivity contribution in [3.05, 3.63) is 65.7 Å². The third-order valence-corrected chi connectivity index (χ3v) is 3.98. The predicted octanol–water partition coefficient (Wildman–Crippen LogP) is 3.94. The van der Waals surface area contributed by atoms with E-state index in [0.29, 0.717) is 6.54 Å². The van der Waals surface area contributed by atoms with Crippen molar-refractivity contribution >= 4 is 5.91 Å². The minimum atomic E-state index is -0.509. The van der Waals surface area contributed by atoms with Crippen LogP contribution in [0.1, 0.15) is 37.8 Å². The lowest BCUT2D eigenvalue weighted by Crippen LogP contribution is -2.38. The highest BCUT2D eigenvalue weighted by Gasteiger charge is 2.16. The number of para-hydroxylation sites is 1. The quantitative estimate of drug-likeness (QED) is 0.841. The first-order valence-electron chi connectivity index (χ1n) is 8.19. The summed E-state index contributed by atoms with van der Waals surface area (Å²) in [4.78, 5) is 12.2. The van der Waals surface area contributed by atoms with Gasteiger partial charge in [0.2, 0.25) is 0 Å². The molecule has 122 valence electrons. The molecule has 0 aliphatic carbocycles. The fourth-order valence-electron chi connectivity index (χ4n) is 2.45. The number of ether oxygens (including phenoxy) is 1. The minimum Gasteiger partial charge on any atom is -0.481 e. The minimum absolute atomic E-state index is 0.0845. The molecule has 0 bridgehead atoms. The van der Waals surface area contributed by atoms with Gasteiger partial charge in [-0.3, -0.25) is 4.79 Å². The van der Waals surface area contributed by atoms with Gasteiger partial charge in [0.25, 0.3) is 5.91 Å². The zero-order chi connectivity index (χ0) is 16.7. The van der Waals surface area contributed by atoms with E-state index >= 15 is 0 Å². The molecule has 2 rings (SSSR count). The van der Waals surface area contributed by atoms with Gasteiger partial charge >= 0.3 is 0 Å². The van der Waals surface area contributed by atoms with E-state index in [2.05, 4.69) is 31.3 Å². The maximum atomic E-state index is 12.2. The molecule has 2 aromatic carbocycles. The second-order valence-electron chi connectivity index (χ2n) is 5.78. The van der Waals surface area contributed by atoms with Crippen molar-refractivity contribution in [1.29, 1.82) is 0 Å². The van der Waals surface area contributed by atoms with Crippen molar-refractivity contribution < 1.29 is 9.53 Å². The number of carbonyl (C=O) groups excluding carboxylic acids is 1. The molecule has 0 aromatic heterocycles. The molecule has 3 heteroatoms. The van der Waals surface area contributed by atoms with Gasteiger partial charge in [0.15, 0.2) is 6.10 Å². The second-order valence-corrected chi connectivity index (χ2v) is 5.78. The summed E-state index contributed by atoms with van der Waals surface area (Å²) in [6.07, 6.45) is 0.376. The number of hydrogen-bond donors (Lipinski definition) is 1. The Bertz CT molecular complexity index is 625. The van der Waals surface area contributed by atoms with Crippen LogP contribution in [0.5, 0.6) is 5.75 Å². The van der Waals surface area contributed by atoms with E-state index in [1.54, 1.807) is 6.92 Å². The van der Waals surface area contributed by atoms with Crippen LogP contribution in [0.15, 0.2) is 54.6 Å². The largest absolute Gasteiger partial charge is 0.481 e. The summed E-state index contributed by atoms with van der Waals surface area (Å²) >= 11 is 0. The topological polar surface area (TPSA) is 38.3 Å². The Morgan fingerprint density at radius 1 is 1.04 bits per heavy atom. The van der Waals surface area contributed by atoms with Crippen LogP contribution in [0.4, 0.5) is 0 Å². The van der Waals surface area contributed by atoms with E-state index in [-0.39, 0.29) is 11.8 Å². The highest BCUT2D eigenvalue weighted by molar-refractivity contribution is 5.80. The van der Waals surface area contributed by atoms with Crippen LogP contribution in [0, 0.1) is 0 Å². The highest BCUT2D eigenvalue weighted by Crippen LogP contribution is 2.20. The Morgan fingerprint density at radius 2 is 1.70 bits per heavy atom. The Morgan fingerprint density at radius 3 is 2.39 bits per heavy atom. The van der Waals surface area contributed by atoms with Gasteiger partial charge in [0.1, 0.15) is 5.75 Å². The maximum absolute atomic E-state index is 12.2. The van der Waals surface area contributed by atoms with E-state index in [1.807, 2.05) is 42.5 Å². The van der Waals surface area contributed by atoms with Gasteiger partial charge in [-0.1, -0.05) is 62.4 Å². The zero-order valence-corrected chi connectivity index (χ0v) is 14.1. The van der Waals surface area contributed by atoms with Crippen molar-refractivity contribution in [3.63, 3.8) is 0 Å². The van der Waals surface area contributed by atoms with Gasteiger partial charge in [-0.2, -0.15) is 0 Å². The maximum Gasteiger partial charge on any atom is 0.260 e. The van der Waals surface area contributed by atoms with Crippen LogP contribution in [0.25, 0.3) is 0 Å². The summed E-state index contributed by atoms with van der Waals surface area (Å²) in [5.41, 5.74) is 2.34. The number of rotatable bonds is 7. The molecular weight excluding hydrogens is 286 g/mol. The molecule has 0 heterocycles. The van der Waals surface area contributed by atoms with E-state index in [0.717, 1.165) is 17.7 Å². The molecule has 0 radical (unpaired) electrons. The Labute approximate surface area is 138 Å². The van der Waals surface area contributed by atoms with E-state index in [1.165, 1.54) is 5.56 Å². The van der Waals surface area contributed by atoms with Crippen LogP contribution < -0.4 is 10.1 Å². The van der Waals surface area contributed by atoms with Crippen LogP contribution in [-0.4, -0.2) is 18.6 Å². The molecule has 0 fully saturated rings. The van der Waals surface area contributed by atoms with Crippen molar-refractivity contribution in [3.8, 4) is 5.75 Å². The average molecular weight is 311 g/mol. The standard InChI is InChI=1S/C20H25NO2/c1-4-17-10-8-9-13-19(17)23-16(3)20(22)21-14-15(2)18-11-6-5-7-12-18/h5-13,15-16H,4,14H2,1-3H3,(H,21,22)/t15-,16-/m0/s1. The van der Waals surface area contributed by atoms with Gasteiger partial charge in [-0.25, -0.2) is 0 Å². The number of amides is 1. The van der Waals surface area contributed by atoms with E-state index in [4.69, 9.17) is 4.74 Å². The smallest absolute Gasteiger partial charge is 0.260 e. The molecule has 0 saturated carbocycles. The van der Waals surface area contributed by atoms with Crippen LogP contribution in [0.3, 0.4) is 0 Å². The van der Waals surface area contributed by atoms with Gasteiger partial charge in [0.05, 0.1) is 0 Å². The lowest BCUT2D eigenvalue weighted by Gasteiger charge is -2.18. The fraction of sp³-hybridized carbons (Fsp3) is 0.350. The van der Waals surface area contributed by atoms with Crippen molar-refractivity contribution in [2.24, 2.45) is 0 Å². The van der Waals surface area contributed by atoms with Gasteiger partial charge < -0.3 is 10.1 Å². The van der Waals surface area contributed by atoms with Gasteiger partial charge in [-0.05, 0) is 36.5 Å². The third-order valence-electron chi connectivity index (χ3n) is 3.98. The normalized spacial score (nSPS) is 13.2. The third kappa shape index (κ3) is 4.85. The SMILES string of the molecule is CCc1ccccc1O[C@@H](C)C(=O)NC[C@H](C)c1ccccc1. The van der Waals surface area contributed by atoms with Crippen LogP contribution >= 0.6 is 0 Å². The molecule has 0 aliphatic rings. The molecule has 0 unspecified atom stereocenters. The fourth-order valence-corrected chi connectivity index (χ4v) is 2.45. The Kier molecular flexibility index (Phi) is 6.21. The molecule has 23 heavy (non-hydrogen) atoms. The van der Waals surface area contributed by atoms with Crippen molar-refractivity contribution in [1.82, 2.24) is 5.32 Å². The summed E-state index contributed by atoms with van der Waals surface area (Å²) < 4.78 is 5.82.